The fourth-order valence-corrected chi connectivity index (χ4v) is 16.8. The Kier molecular flexibility index (Phi) is 25.1. The van der Waals surface area contributed by atoms with E-state index in [1.807, 2.05) is 140 Å². The van der Waals surface area contributed by atoms with Crippen LogP contribution in [0.15, 0.2) is 177 Å². The Bertz CT molecular complexity index is 5960. The van der Waals surface area contributed by atoms with Gasteiger partial charge in [-0.15, -0.1) is 16.4 Å². The summed E-state index contributed by atoms with van der Waals surface area (Å²) in [4.78, 5) is 76.1. The molecule has 15 aromatic rings. The molecule has 6 aliphatic rings. The van der Waals surface area contributed by atoms with E-state index in [9.17, 15) is 24.0 Å². The lowest BCUT2D eigenvalue weighted by Crippen LogP contribution is -2.41. The van der Waals surface area contributed by atoms with Gasteiger partial charge in [-0.25, -0.2) is 19.9 Å². The molecule has 122 heavy (non-hydrogen) atoms. The lowest BCUT2D eigenvalue weighted by Gasteiger charge is -2.31. The van der Waals surface area contributed by atoms with Gasteiger partial charge in [0.05, 0.1) is 174 Å². The van der Waals surface area contributed by atoms with Crippen molar-refractivity contribution < 1.29 is 18.9 Å². The number of nitrogens with one attached hydrogen (secondary N) is 21. The summed E-state index contributed by atoms with van der Waals surface area (Å²) in [6.07, 6.45) is 21.2. The minimum Gasteiger partial charge on any atom is -0.382 e. The van der Waals surface area contributed by atoms with Gasteiger partial charge in [0.1, 0.15) is 17.5 Å². The quantitative estimate of drug-likeness (QED) is 0.0318. The van der Waals surface area contributed by atoms with Crippen molar-refractivity contribution in [3.63, 3.8) is 0 Å². The predicted molar refractivity (Wildman–Crippen MR) is 474 cm³/mol. The standard InChI is InChI=1S/C18H22N6O2.C17H19N5O2.C16H19N7O.C16H20N6O2.C16H19N5O2S/c25-18-14-4-3-11(6-16(14)22-24-18)19-12-5-13(9-26-8-12)20-17-7-15(21-23-17)10-1-2-10;23-17-14-5-4-11(8-15(14)21-22-17)19-12-7-13(10-24-9-12)20-16-3-1-2-6-18-16;24-15-13-5-4-12(9-14(13)21-22-15)19-10-2-1-3-11(8-10)20-16-17-6-7-18-23-16;1-22-6-15(17-9-22)19-12-4-11(7-24-8-12)18-10-2-3-13-14(5-10)20-21-16(13)23;1-9-6-17-16(24-9)19-12-4-11(7-23-8-12)18-10-2-3-13-14(5-10)20-21-15(13)22/h3-4,6-7,10,12-13,19H,1-2,5,8-9H2,(H2,20,21,23)(H2,22,24,25);1-6,8,12-13,19H,7,9-10H2,(H,18,20)(H2,21,22,23);4-7,9-11,19H,1-3,8H2,(H,17,20,23)(H2,21,22,24);2-3,5-6,9,11-12,18-19H,4,7-8H2,1H3,(H2,20,21,23);2-3,5-6,11-12,18H,4,7-8H2,1H3,(H,17,19)(H2,20,21,22). The van der Waals surface area contributed by atoms with E-state index in [-0.39, 0.29) is 76.1 Å². The molecule has 38 nitrogen and oxygen atoms in total. The van der Waals surface area contributed by atoms with Crippen LogP contribution in [-0.2, 0) is 26.0 Å². The number of pyridine rings is 1. The molecule has 5 aromatic carbocycles. The number of ether oxygens (including phenoxy) is 4. The van der Waals surface area contributed by atoms with Gasteiger partial charge in [0, 0.05) is 88.7 Å². The van der Waals surface area contributed by atoms with Crippen LogP contribution < -0.4 is 81.0 Å². The zero-order chi connectivity index (χ0) is 83.3. The Labute approximate surface area is 699 Å². The summed E-state index contributed by atoms with van der Waals surface area (Å²) in [6.45, 7) is 7.37. The number of benzene rings is 5. The maximum absolute atomic E-state index is 11.6. The number of aryl methyl sites for hydroxylation is 2. The van der Waals surface area contributed by atoms with Crippen LogP contribution in [0, 0.1) is 6.92 Å². The molecule has 10 atom stereocenters. The molecule has 0 bridgehead atoms. The highest BCUT2D eigenvalue weighted by atomic mass is 32.1. The Morgan fingerprint density at radius 1 is 0.385 bits per heavy atom. The van der Waals surface area contributed by atoms with Gasteiger partial charge < -0.3 is 76.7 Å². The molecule has 21 rings (SSSR count). The highest BCUT2D eigenvalue weighted by Crippen LogP contribution is 2.40. The summed E-state index contributed by atoms with van der Waals surface area (Å²) < 4.78 is 24.8. The van der Waals surface area contributed by atoms with Crippen molar-refractivity contribution in [3.8, 4) is 0 Å². The molecule has 0 amide bonds. The molecule has 6 fully saturated rings. The molecule has 10 unspecified atom stereocenters. The van der Waals surface area contributed by atoms with Crippen LogP contribution in [0.4, 0.5) is 57.0 Å². The first-order valence-corrected chi connectivity index (χ1v) is 41.9. The Hall–Kier alpha value is -13.5. The van der Waals surface area contributed by atoms with E-state index in [1.165, 1.54) is 23.4 Å². The Balaban J connectivity index is 0.000000108. The van der Waals surface area contributed by atoms with Crippen molar-refractivity contribution in [1.29, 1.82) is 0 Å². The lowest BCUT2D eigenvalue weighted by molar-refractivity contribution is 0.0784. The average Bonchev–Trinajstić information content (AvgIpc) is 1.70. The Morgan fingerprint density at radius 3 is 1.17 bits per heavy atom. The normalized spacial score (nSPS) is 21.4. The SMILES string of the molecule is Cc1cnc(NC2COCC(Nc3ccc4c(=O)[nH][nH]c4c3)C2)s1.Cn1cnc(NC2COCC(Nc3ccc4c(=O)[nH][nH]c4c3)C2)c1.O=c1[nH][nH]c2cc(NC3CCCC(Nc4nccnn4)C3)ccc12.O=c1[nH][nH]c2cc(NC3COCC(Nc4cc(C5CC5)[nH]n4)C3)ccc12.O=c1[nH][nH]c2cc(NC3COCC(Nc4ccccn4)C3)ccc12. The third-order valence-corrected chi connectivity index (χ3v) is 22.9. The van der Waals surface area contributed by atoms with E-state index in [4.69, 9.17) is 18.9 Å². The van der Waals surface area contributed by atoms with E-state index in [2.05, 4.69) is 151 Å². The highest BCUT2D eigenvalue weighted by molar-refractivity contribution is 7.15. The molecule has 39 heteroatoms. The van der Waals surface area contributed by atoms with Gasteiger partial charge in [-0.1, -0.05) is 6.07 Å². The van der Waals surface area contributed by atoms with Crippen LogP contribution in [0.5, 0.6) is 0 Å². The number of H-pyrrole nitrogens is 11. The molecule has 636 valence electrons. The summed E-state index contributed by atoms with van der Waals surface area (Å²) in [7, 11) is 1.95. The van der Waals surface area contributed by atoms with E-state index < -0.39 is 0 Å². The van der Waals surface area contributed by atoms with Crippen LogP contribution in [0.2, 0.25) is 0 Å². The number of nitrogens with zero attached hydrogens (tertiary/aromatic N) is 8. The first-order valence-electron chi connectivity index (χ1n) is 41.1. The molecule has 4 saturated heterocycles. The fourth-order valence-electron chi connectivity index (χ4n) is 16.1. The molecule has 21 N–H and O–H groups in total. The predicted octanol–water partition coefficient (Wildman–Crippen LogP) is 9.52. The number of aromatic amines is 11. The Morgan fingerprint density at radius 2 is 0.787 bits per heavy atom. The molecule has 0 spiro atoms. The number of hydrogen-bond donors (Lipinski definition) is 21. The number of rotatable bonds is 21. The van der Waals surface area contributed by atoms with Gasteiger partial charge in [-0.2, -0.15) is 10.2 Å². The third-order valence-electron chi connectivity index (χ3n) is 22.0. The minimum absolute atomic E-state index is 0.0880. The number of imidazole rings is 1. The van der Waals surface area contributed by atoms with Crippen LogP contribution in [0.3, 0.4) is 0 Å². The van der Waals surface area contributed by atoms with E-state index in [0.717, 1.165) is 130 Å². The van der Waals surface area contributed by atoms with Crippen molar-refractivity contribution in [2.45, 2.75) is 137 Å². The van der Waals surface area contributed by atoms with Crippen molar-refractivity contribution in [1.82, 2.24) is 95.9 Å². The first-order chi connectivity index (χ1) is 59.6. The maximum Gasteiger partial charge on any atom is 0.271 e. The van der Waals surface area contributed by atoms with Gasteiger partial charge >= 0.3 is 0 Å². The smallest absolute Gasteiger partial charge is 0.271 e. The van der Waals surface area contributed by atoms with Gasteiger partial charge in [-0.05, 0) is 174 Å². The van der Waals surface area contributed by atoms with Gasteiger partial charge in [0.2, 0.25) is 5.95 Å². The van der Waals surface area contributed by atoms with E-state index in [0.29, 0.717) is 104 Å². The fraction of sp³-hybridized carbons (Fsp3) is 0.373. The topological polar surface area (TPSA) is 511 Å². The first kappa shape index (κ1) is 80.9. The maximum atomic E-state index is 11.6. The second-order valence-electron chi connectivity index (χ2n) is 31.7. The van der Waals surface area contributed by atoms with Crippen LogP contribution in [-0.4, -0.2) is 209 Å². The van der Waals surface area contributed by atoms with Crippen molar-refractivity contribution in [2.75, 3.05) is 106 Å². The van der Waals surface area contributed by atoms with Crippen molar-refractivity contribution in [2.24, 2.45) is 7.05 Å². The number of aromatic nitrogens is 19. The minimum atomic E-state index is -0.0998. The zero-order valence-corrected chi connectivity index (χ0v) is 68.0. The second-order valence-corrected chi connectivity index (χ2v) is 33.0. The highest BCUT2D eigenvalue weighted by Gasteiger charge is 2.30. The molecule has 10 aromatic heterocycles. The number of anilines is 10. The van der Waals surface area contributed by atoms with Gasteiger partial charge in [0.15, 0.2) is 5.13 Å². The van der Waals surface area contributed by atoms with Crippen LogP contribution in [0.25, 0.3) is 54.5 Å². The molecular formula is C83H99N29O9S. The monoisotopic (exact) mass is 1680 g/mol. The largest absolute Gasteiger partial charge is 0.382 e. The van der Waals surface area contributed by atoms with Crippen LogP contribution in [0.1, 0.15) is 80.7 Å². The van der Waals surface area contributed by atoms with E-state index in [1.54, 1.807) is 36.3 Å². The van der Waals surface area contributed by atoms with Gasteiger partial charge in [-0.3, -0.25) is 80.1 Å². The zero-order valence-electron chi connectivity index (χ0n) is 67.2. The molecule has 0 radical (unpaired) electrons. The second kappa shape index (κ2) is 37.8. The summed E-state index contributed by atoms with van der Waals surface area (Å²) in [5, 5.41) is 81.6. The summed E-state index contributed by atoms with van der Waals surface area (Å²) in [5.41, 5.74) is 9.64. The molecule has 2 saturated carbocycles. The molecule has 4 aliphatic heterocycles. The number of fused-ring (bicyclic) bond motifs is 5. The van der Waals surface area contributed by atoms with Gasteiger partial charge in [0.25, 0.3) is 27.8 Å². The number of thiazole rings is 1. The third kappa shape index (κ3) is 21.2. The summed E-state index contributed by atoms with van der Waals surface area (Å²) in [6, 6.07) is 38.8. The van der Waals surface area contributed by atoms with Crippen LogP contribution >= 0.6 is 11.3 Å². The number of hydrogen-bond acceptors (Lipinski definition) is 27. The molecular weight excluding hydrogens is 1580 g/mol. The lowest BCUT2D eigenvalue weighted by atomic mass is 9.91. The summed E-state index contributed by atoms with van der Waals surface area (Å²) in [5.74, 6) is 3.86. The van der Waals surface area contributed by atoms with E-state index >= 15 is 0 Å². The van der Waals surface area contributed by atoms with Crippen molar-refractivity contribution in [3.05, 3.63) is 215 Å². The molecule has 14 heterocycles. The van der Waals surface area contributed by atoms with Crippen molar-refractivity contribution >= 4 is 123 Å². The molecule has 2 aliphatic carbocycles. The average molecular weight is 1680 g/mol. The summed E-state index contributed by atoms with van der Waals surface area (Å²) >= 11 is 1.65.